The number of nitrogens with zero attached hydrogens (tertiary/aromatic N) is 6. The smallest absolute Gasteiger partial charge is 0.259 e. The van der Waals surface area contributed by atoms with Crippen molar-refractivity contribution in [3.63, 3.8) is 0 Å². The molecule has 8 nitrogen and oxygen atoms in total. The van der Waals surface area contributed by atoms with Gasteiger partial charge in [-0.25, -0.2) is 19.9 Å². The summed E-state index contributed by atoms with van der Waals surface area (Å²) in [6.07, 6.45) is 9.08. The van der Waals surface area contributed by atoms with Crippen LogP contribution in [0, 0.1) is 13.8 Å². The highest BCUT2D eigenvalue weighted by atomic mass is 16.1. The number of aryl methyl sites for hydroxylation is 2. The van der Waals surface area contributed by atoms with Gasteiger partial charge in [0.1, 0.15) is 5.82 Å². The maximum absolute atomic E-state index is 12.4. The Labute approximate surface area is 145 Å². The highest BCUT2D eigenvalue weighted by molar-refractivity contribution is 6.03. The molecule has 0 aliphatic carbocycles. The normalized spacial score (nSPS) is 14.2. The van der Waals surface area contributed by atoms with E-state index in [0.717, 1.165) is 43.0 Å². The standard InChI is InChI=1S/C17H19N7O/c1-11-9-24-10-14(21-12(2)15(24)20-11)22-16(25)13-7-18-17(19-8-13)23-5-3-4-6-23/h7-10H,3-6H2,1-2H3,(H,22,25). The third kappa shape index (κ3) is 3.02. The summed E-state index contributed by atoms with van der Waals surface area (Å²) in [6.45, 7) is 5.73. The Morgan fingerprint density at radius 2 is 1.80 bits per heavy atom. The quantitative estimate of drug-likeness (QED) is 0.786. The van der Waals surface area contributed by atoms with Gasteiger partial charge in [-0.05, 0) is 26.7 Å². The number of nitrogens with one attached hydrogen (secondary N) is 1. The summed E-state index contributed by atoms with van der Waals surface area (Å²) in [7, 11) is 0. The number of rotatable bonds is 3. The molecular formula is C17H19N7O. The largest absolute Gasteiger partial charge is 0.341 e. The van der Waals surface area contributed by atoms with E-state index in [1.807, 2.05) is 24.4 Å². The first kappa shape index (κ1) is 15.5. The first-order valence-electron chi connectivity index (χ1n) is 8.31. The van der Waals surface area contributed by atoms with Gasteiger partial charge < -0.3 is 14.6 Å². The molecule has 0 unspecified atom stereocenters. The molecule has 0 saturated carbocycles. The Kier molecular flexibility index (Phi) is 3.79. The van der Waals surface area contributed by atoms with Crippen LogP contribution in [0.5, 0.6) is 0 Å². The van der Waals surface area contributed by atoms with E-state index in [-0.39, 0.29) is 5.91 Å². The van der Waals surface area contributed by atoms with Gasteiger partial charge in [-0.15, -0.1) is 0 Å². The Hall–Kier alpha value is -3.03. The van der Waals surface area contributed by atoms with Crippen molar-refractivity contribution in [1.82, 2.24) is 24.3 Å². The van der Waals surface area contributed by atoms with Crippen molar-refractivity contribution >= 4 is 23.3 Å². The molecule has 1 saturated heterocycles. The number of fused-ring (bicyclic) bond motifs is 1. The molecular weight excluding hydrogens is 318 g/mol. The van der Waals surface area contributed by atoms with E-state index in [9.17, 15) is 4.79 Å². The minimum atomic E-state index is -0.281. The van der Waals surface area contributed by atoms with Crippen molar-refractivity contribution in [2.75, 3.05) is 23.3 Å². The lowest BCUT2D eigenvalue weighted by molar-refractivity contribution is 0.102. The molecule has 1 fully saturated rings. The Bertz CT molecular complexity index is 926. The Balaban J connectivity index is 1.53. The number of anilines is 2. The van der Waals surface area contributed by atoms with E-state index >= 15 is 0 Å². The van der Waals surface area contributed by atoms with Crippen molar-refractivity contribution in [2.45, 2.75) is 26.7 Å². The van der Waals surface area contributed by atoms with Crippen LogP contribution < -0.4 is 10.2 Å². The number of carbonyl (C=O) groups is 1. The number of imidazole rings is 1. The third-order valence-electron chi connectivity index (χ3n) is 4.26. The summed E-state index contributed by atoms with van der Waals surface area (Å²) >= 11 is 0. The predicted octanol–water partition coefficient (Wildman–Crippen LogP) is 1.99. The summed E-state index contributed by atoms with van der Waals surface area (Å²) in [6, 6.07) is 0. The van der Waals surface area contributed by atoms with Gasteiger partial charge in [-0.1, -0.05) is 0 Å². The summed E-state index contributed by atoms with van der Waals surface area (Å²) in [5.74, 6) is 0.866. The minimum absolute atomic E-state index is 0.281. The van der Waals surface area contributed by atoms with Crippen molar-refractivity contribution in [3.05, 3.63) is 41.7 Å². The summed E-state index contributed by atoms with van der Waals surface area (Å²) < 4.78 is 1.86. The first-order valence-corrected chi connectivity index (χ1v) is 8.31. The lowest BCUT2D eigenvalue weighted by atomic mass is 10.3. The molecule has 1 aliphatic heterocycles. The number of hydrogen-bond donors (Lipinski definition) is 1. The maximum atomic E-state index is 12.4. The molecule has 4 rings (SSSR count). The fourth-order valence-corrected chi connectivity index (χ4v) is 3.04. The molecule has 0 bridgehead atoms. The molecule has 0 radical (unpaired) electrons. The fraction of sp³-hybridized carbons (Fsp3) is 0.353. The SMILES string of the molecule is Cc1cn2cc(NC(=O)c3cnc(N4CCCC4)nc3)nc(C)c2n1. The van der Waals surface area contributed by atoms with Crippen LogP contribution in [0.15, 0.2) is 24.8 Å². The molecule has 0 aromatic carbocycles. The van der Waals surface area contributed by atoms with Crippen LogP contribution in [0.3, 0.4) is 0 Å². The second-order valence-electron chi connectivity index (χ2n) is 6.24. The van der Waals surface area contributed by atoms with Crippen LogP contribution in [-0.4, -0.2) is 43.3 Å². The van der Waals surface area contributed by atoms with Crippen molar-refractivity contribution in [3.8, 4) is 0 Å². The first-order chi connectivity index (χ1) is 12.1. The molecule has 25 heavy (non-hydrogen) atoms. The van der Waals surface area contributed by atoms with E-state index in [2.05, 4.69) is 30.2 Å². The van der Waals surface area contributed by atoms with Gasteiger partial charge in [-0.2, -0.15) is 0 Å². The highest BCUT2D eigenvalue weighted by Gasteiger charge is 2.16. The van der Waals surface area contributed by atoms with Crippen LogP contribution in [0.2, 0.25) is 0 Å². The van der Waals surface area contributed by atoms with Gasteiger partial charge in [0.05, 0.1) is 23.1 Å². The van der Waals surface area contributed by atoms with E-state index < -0.39 is 0 Å². The van der Waals surface area contributed by atoms with Gasteiger partial charge >= 0.3 is 0 Å². The third-order valence-corrected chi connectivity index (χ3v) is 4.26. The van der Waals surface area contributed by atoms with Crippen LogP contribution in [0.25, 0.3) is 5.65 Å². The molecule has 1 amide bonds. The maximum Gasteiger partial charge on any atom is 0.259 e. The fourth-order valence-electron chi connectivity index (χ4n) is 3.04. The lowest BCUT2D eigenvalue weighted by Crippen LogP contribution is -2.21. The predicted molar refractivity (Wildman–Crippen MR) is 93.9 cm³/mol. The van der Waals surface area contributed by atoms with Crippen LogP contribution in [0.1, 0.15) is 34.6 Å². The van der Waals surface area contributed by atoms with Gasteiger partial charge in [0.15, 0.2) is 5.65 Å². The molecule has 4 heterocycles. The van der Waals surface area contributed by atoms with Crippen LogP contribution >= 0.6 is 0 Å². The number of aromatic nitrogens is 5. The molecule has 1 aliphatic rings. The monoisotopic (exact) mass is 337 g/mol. The lowest BCUT2D eigenvalue weighted by Gasteiger charge is -2.14. The van der Waals surface area contributed by atoms with Crippen molar-refractivity contribution in [1.29, 1.82) is 0 Å². The zero-order valence-electron chi connectivity index (χ0n) is 14.2. The molecule has 128 valence electrons. The topological polar surface area (TPSA) is 88.3 Å². The van der Waals surface area contributed by atoms with Crippen LogP contribution in [-0.2, 0) is 0 Å². The van der Waals surface area contributed by atoms with E-state index in [0.29, 0.717) is 17.3 Å². The van der Waals surface area contributed by atoms with Crippen molar-refractivity contribution in [2.24, 2.45) is 0 Å². The van der Waals surface area contributed by atoms with E-state index in [1.165, 1.54) is 0 Å². The summed E-state index contributed by atoms with van der Waals surface area (Å²) in [5, 5.41) is 2.80. The summed E-state index contributed by atoms with van der Waals surface area (Å²) in [5.41, 5.74) is 2.85. The number of carbonyl (C=O) groups excluding carboxylic acids is 1. The average molecular weight is 337 g/mol. The second kappa shape index (κ2) is 6.12. The number of amides is 1. The van der Waals surface area contributed by atoms with E-state index in [4.69, 9.17) is 0 Å². The molecule has 1 N–H and O–H groups in total. The van der Waals surface area contributed by atoms with Crippen molar-refractivity contribution < 1.29 is 4.79 Å². The van der Waals surface area contributed by atoms with Crippen LogP contribution in [0.4, 0.5) is 11.8 Å². The minimum Gasteiger partial charge on any atom is -0.341 e. The van der Waals surface area contributed by atoms with Gasteiger partial charge in [0, 0.05) is 31.7 Å². The van der Waals surface area contributed by atoms with Gasteiger partial charge in [-0.3, -0.25) is 4.79 Å². The summed E-state index contributed by atoms with van der Waals surface area (Å²) in [4.78, 5) is 32.0. The zero-order chi connectivity index (χ0) is 17.4. The Morgan fingerprint density at radius 3 is 2.52 bits per heavy atom. The molecule has 3 aromatic rings. The second-order valence-corrected chi connectivity index (χ2v) is 6.24. The highest BCUT2D eigenvalue weighted by Crippen LogP contribution is 2.16. The van der Waals surface area contributed by atoms with E-state index in [1.54, 1.807) is 18.6 Å². The van der Waals surface area contributed by atoms with Gasteiger partial charge in [0.2, 0.25) is 5.95 Å². The Morgan fingerprint density at radius 1 is 1.08 bits per heavy atom. The molecule has 8 heteroatoms. The molecule has 0 atom stereocenters. The molecule has 3 aromatic heterocycles. The average Bonchev–Trinajstić information content (AvgIpc) is 3.24. The van der Waals surface area contributed by atoms with Gasteiger partial charge in [0.25, 0.3) is 5.91 Å². The number of hydrogen-bond acceptors (Lipinski definition) is 6. The molecule has 0 spiro atoms. The zero-order valence-corrected chi connectivity index (χ0v) is 14.2.